The Labute approximate surface area is 209 Å². The minimum absolute atomic E-state index is 0.138. The summed E-state index contributed by atoms with van der Waals surface area (Å²) < 4.78 is 7.18. The molecule has 0 radical (unpaired) electrons. The van der Waals surface area contributed by atoms with Crippen molar-refractivity contribution in [1.82, 2.24) is 24.4 Å². The molecule has 4 aromatic heterocycles. The van der Waals surface area contributed by atoms with E-state index in [-0.39, 0.29) is 11.1 Å². The zero-order valence-electron chi connectivity index (χ0n) is 19.5. The van der Waals surface area contributed by atoms with Gasteiger partial charge in [0.1, 0.15) is 35.7 Å². The van der Waals surface area contributed by atoms with Crippen LogP contribution in [0.4, 0.5) is 0 Å². The lowest BCUT2D eigenvalue weighted by Gasteiger charge is -2.40. The van der Waals surface area contributed by atoms with Gasteiger partial charge in [0.25, 0.3) is 11.8 Å². The number of pyridine rings is 2. The predicted molar refractivity (Wildman–Crippen MR) is 129 cm³/mol. The van der Waals surface area contributed by atoms with Crippen LogP contribution in [0.15, 0.2) is 49.1 Å². The van der Waals surface area contributed by atoms with Crippen molar-refractivity contribution in [3.63, 3.8) is 0 Å². The first-order valence-corrected chi connectivity index (χ1v) is 11.6. The molecule has 12 nitrogen and oxygen atoms in total. The maximum atomic E-state index is 13.4. The van der Waals surface area contributed by atoms with Gasteiger partial charge in [0.2, 0.25) is 0 Å². The van der Waals surface area contributed by atoms with Crippen LogP contribution in [0.25, 0.3) is 33.2 Å². The summed E-state index contributed by atoms with van der Waals surface area (Å²) in [4.78, 5) is 39.5. The van der Waals surface area contributed by atoms with E-state index in [1.54, 1.807) is 36.7 Å². The minimum Gasteiger partial charge on any atom is -0.394 e. The molecule has 190 valence electrons. The third kappa shape index (κ3) is 3.35. The van der Waals surface area contributed by atoms with E-state index < -0.39 is 49.1 Å². The standard InChI is InChI=1S/C25H23N5O7/c1-29-23(35)16(13-8-28-21-11(13)4-2-6-26-21)17(24(29)36)14-9-30(22-12(14)5-3-7-27-22)25-20(34)19(33)18(32)15(10-31)37-25/h2-9,15,18-20,25,31-34H,10H2,1H3,(H,26,28). The van der Waals surface area contributed by atoms with Crippen LogP contribution >= 0.6 is 0 Å². The average Bonchev–Trinajstić information content (AvgIpc) is 3.57. The van der Waals surface area contributed by atoms with Crippen molar-refractivity contribution in [2.75, 3.05) is 13.7 Å². The molecule has 6 heterocycles. The van der Waals surface area contributed by atoms with Crippen LogP contribution in [0.2, 0.25) is 0 Å². The third-order valence-electron chi connectivity index (χ3n) is 7.01. The fourth-order valence-electron chi connectivity index (χ4n) is 5.09. The van der Waals surface area contributed by atoms with Crippen molar-refractivity contribution in [3.8, 4) is 0 Å². The van der Waals surface area contributed by atoms with E-state index >= 15 is 0 Å². The van der Waals surface area contributed by atoms with Crippen LogP contribution in [0.1, 0.15) is 17.4 Å². The Balaban J connectivity index is 1.59. The van der Waals surface area contributed by atoms with Gasteiger partial charge < -0.3 is 34.7 Å². The number of H-pyrrole nitrogens is 1. The number of nitrogens with zero attached hydrogens (tertiary/aromatic N) is 4. The van der Waals surface area contributed by atoms with E-state index in [9.17, 15) is 30.0 Å². The molecule has 0 bridgehead atoms. The number of hydrogen-bond acceptors (Lipinski definition) is 9. The van der Waals surface area contributed by atoms with Gasteiger partial charge in [0, 0.05) is 53.7 Å². The Bertz CT molecular complexity index is 1590. The number of carbonyl (C=O) groups is 2. The maximum Gasteiger partial charge on any atom is 0.261 e. The molecule has 4 aromatic rings. The van der Waals surface area contributed by atoms with Crippen LogP contribution < -0.4 is 0 Å². The normalized spacial score (nSPS) is 26.7. The molecule has 0 aliphatic carbocycles. The first-order valence-electron chi connectivity index (χ1n) is 11.6. The molecule has 0 saturated carbocycles. The van der Waals surface area contributed by atoms with E-state index in [2.05, 4.69) is 15.0 Å². The number of fused-ring (bicyclic) bond motifs is 2. The summed E-state index contributed by atoms with van der Waals surface area (Å²) in [6, 6.07) is 6.92. The number of carbonyl (C=O) groups excluding carboxylic acids is 2. The largest absolute Gasteiger partial charge is 0.394 e. The third-order valence-corrected chi connectivity index (χ3v) is 7.01. The molecule has 2 aliphatic heterocycles. The number of aliphatic hydroxyl groups excluding tert-OH is 4. The maximum absolute atomic E-state index is 13.4. The first kappa shape index (κ1) is 23.5. The molecule has 5 atom stereocenters. The lowest BCUT2D eigenvalue weighted by atomic mass is 9.96. The summed E-state index contributed by atoms with van der Waals surface area (Å²) in [5.74, 6) is -1.00. The zero-order chi connectivity index (χ0) is 26.0. The van der Waals surface area contributed by atoms with Gasteiger partial charge in [-0.1, -0.05) is 0 Å². The molecule has 2 aliphatic rings. The summed E-state index contributed by atoms with van der Waals surface area (Å²) in [5.41, 5.74) is 2.07. The first-order chi connectivity index (χ1) is 17.8. The summed E-state index contributed by atoms with van der Waals surface area (Å²) in [6.45, 7) is -0.595. The minimum atomic E-state index is -1.60. The molecule has 0 spiro atoms. The average molecular weight is 505 g/mol. The van der Waals surface area contributed by atoms with Crippen LogP contribution in [0.3, 0.4) is 0 Å². The van der Waals surface area contributed by atoms with Gasteiger partial charge >= 0.3 is 0 Å². The highest BCUT2D eigenvalue weighted by Crippen LogP contribution is 2.41. The monoisotopic (exact) mass is 505 g/mol. The highest BCUT2D eigenvalue weighted by atomic mass is 16.6. The number of rotatable bonds is 4. The molecule has 12 heteroatoms. The smallest absolute Gasteiger partial charge is 0.261 e. The van der Waals surface area contributed by atoms with Crippen LogP contribution in [0.5, 0.6) is 0 Å². The van der Waals surface area contributed by atoms with Gasteiger partial charge in [0.15, 0.2) is 6.23 Å². The van der Waals surface area contributed by atoms with Gasteiger partial charge in [0.05, 0.1) is 17.8 Å². The summed E-state index contributed by atoms with van der Waals surface area (Å²) in [7, 11) is 1.40. The van der Waals surface area contributed by atoms with Crippen molar-refractivity contribution in [2.24, 2.45) is 0 Å². The molecule has 5 unspecified atom stereocenters. The fourth-order valence-corrected chi connectivity index (χ4v) is 5.09. The van der Waals surface area contributed by atoms with Gasteiger partial charge in [-0.15, -0.1) is 0 Å². The molecule has 37 heavy (non-hydrogen) atoms. The Hall–Kier alpha value is -3.94. The topological polar surface area (TPSA) is 174 Å². The molecular weight excluding hydrogens is 482 g/mol. The molecule has 6 rings (SSSR count). The van der Waals surface area contributed by atoms with Gasteiger partial charge in [-0.25, -0.2) is 9.97 Å². The van der Waals surface area contributed by atoms with Crippen LogP contribution in [-0.2, 0) is 14.3 Å². The Morgan fingerprint density at radius 3 is 2.35 bits per heavy atom. The predicted octanol–water partition coefficient (Wildman–Crippen LogP) is -0.206. The Kier molecular flexibility index (Phi) is 5.44. The van der Waals surface area contributed by atoms with Crippen molar-refractivity contribution in [1.29, 1.82) is 0 Å². The molecular formula is C25H23N5O7. The Morgan fingerprint density at radius 2 is 1.62 bits per heavy atom. The quantitative estimate of drug-likeness (QED) is 0.235. The fraction of sp³-hybridized carbons (Fsp3) is 0.280. The number of aliphatic hydroxyl groups is 4. The SMILES string of the molecule is CN1C(=O)C(c2c[nH]c3ncccc23)=C(c2cn(C3OC(CO)C(O)C(O)C3O)c3ncccc23)C1=O. The van der Waals surface area contributed by atoms with Gasteiger partial charge in [-0.05, 0) is 24.3 Å². The second-order valence-corrected chi connectivity index (χ2v) is 9.07. The lowest BCUT2D eigenvalue weighted by molar-refractivity contribution is -0.250. The van der Waals surface area contributed by atoms with Crippen molar-refractivity contribution >= 4 is 45.0 Å². The number of nitrogens with one attached hydrogen (secondary N) is 1. The summed E-state index contributed by atoms with van der Waals surface area (Å²) in [6.07, 6.45) is -0.793. The Morgan fingerprint density at radius 1 is 0.946 bits per heavy atom. The lowest BCUT2D eigenvalue weighted by Crippen LogP contribution is -2.56. The van der Waals surface area contributed by atoms with Gasteiger partial charge in [-0.2, -0.15) is 0 Å². The number of imide groups is 1. The highest BCUT2D eigenvalue weighted by Gasteiger charge is 2.46. The van der Waals surface area contributed by atoms with E-state index in [4.69, 9.17) is 4.74 Å². The number of ether oxygens (including phenoxy) is 1. The van der Waals surface area contributed by atoms with E-state index in [0.717, 1.165) is 4.90 Å². The highest BCUT2D eigenvalue weighted by molar-refractivity contribution is 6.50. The van der Waals surface area contributed by atoms with Crippen LogP contribution in [0, 0.1) is 0 Å². The number of aromatic amines is 1. The zero-order valence-corrected chi connectivity index (χ0v) is 19.5. The summed E-state index contributed by atoms with van der Waals surface area (Å²) in [5, 5.41) is 42.1. The molecule has 1 saturated heterocycles. The second kappa shape index (κ2) is 8.57. The molecule has 5 N–H and O–H groups in total. The van der Waals surface area contributed by atoms with E-state index in [0.29, 0.717) is 33.2 Å². The second-order valence-electron chi connectivity index (χ2n) is 9.07. The number of likely N-dealkylation sites (N-methyl/N-ethyl adjacent to an activating group) is 1. The van der Waals surface area contributed by atoms with Crippen molar-refractivity contribution < 1.29 is 34.8 Å². The molecule has 1 fully saturated rings. The number of hydrogen-bond donors (Lipinski definition) is 5. The van der Waals surface area contributed by atoms with Crippen molar-refractivity contribution in [3.05, 3.63) is 60.2 Å². The molecule has 2 amide bonds. The molecule has 0 aromatic carbocycles. The van der Waals surface area contributed by atoms with E-state index in [1.807, 2.05) is 0 Å². The van der Waals surface area contributed by atoms with Crippen molar-refractivity contribution in [2.45, 2.75) is 30.6 Å². The number of aromatic nitrogens is 4. The van der Waals surface area contributed by atoms with Gasteiger partial charge in [-0.3, -0.25) is 14.5 Å². The van der Waals surface area contributed by atoms with Crippen LogP contribution in [-0.4, -0.2) is 94.7 Å². The summed E-state index contributed by atoms with van der Waals surface area (Å²) >= 11 is 0. The number of amides is 2. The van der Waals surface area contributed by atoms with E-state index in [1.165, 1.54) is 24.0 Å².